The minimum absolute atomic E-state index is 0.0391. The van der Waals surface area contributed by atoms with Gasteiger partial charge in [-0.3, -0.25) is 14.2 Å². The predicted molar refractivity (Wildman–Crippen MR) is 346 cm³/mol. The molecule has 0 radical (unpaired) electrons. The van der Waals surface area contributed by atoms with Gasteiger partial charge in [0.2, 0.25) is 0 Å². The molecule has 0 spiro atoms. The summed E-state index contributed by atoms with van der Waals surface area (Å²) >= 11 is 0. The van der Waals surface area contributed by atoms with Crippen LogP contribution in [0, 0.1) is 0 Å². The van der Waals surface area contributed by atoms with Crippen molar-refractivity contribution in [3.8, 4) is 0 Å². The van der Waals surface area contributed by atoms with Crippen molar-refractivity contribution in [2.75, 3.05) is 47.5 Å². The van der Waals surface area contributed by atoms with E-state index in [1.54, 1.807) is 0 Å². The molecule has 0 rings (SSSR count). The maximum Gasteiger partial charge on any atom is 0.306 e. The van der Waals surface area contributed by atoms with Crippen molar-refractivity contribution in [1.82, 2.24) is 0 Å². The number of phosphoric ester groups is 1. The molecule has 0 saturated carbocycles. The number of quaternary nitrogens is 1. The molecule has 0 saturated heterocycles. The summed E-state index contributed by atoms with van der Waals surface area (Å²) in [4.78, 5) is 37.9. The average Bonchev–Trinajstić information content (AvgIpc) is 3.43. The van der Waals surface area contributed by atoms with E-state index in [2.05, 4.69) is 148 Å². The minimum Gasteiger partial charge on any atom is -0.756 e. The van der Waals surface area contributed by atoms with E-state index in [1.807, 2.05) is 21.1 Å². The van der Waals surface area contributed by atoms with Gasteiger partial charge in [-0.25, -0.2) is 0 Å². The fourth-order valence-electron chi connectivity index (χ4n) is 8.44. The molecule has 0 N–H and O–H groups in total. The highest BCUT2D eigenvalue weighted by Crippen LogP contribution is 2.38. The normalized spacial score (nSPS) is 14.1. The fraction of sp³-hybridized carbons (Fsp3) is 0.662. The van der Waals surface area contributed by atoms with Crippen LogP contribution in [0.2, 0.25) is 0 Å². The largest absolute Gasteiger partial charge is 0.756 e. The Morgan fingerprint density at radius 3 is 1.06 bits per heavy atom. The Morgan fingerprint density at radius 2 is 0.704 bits per heavy atom. The molecule has 0 aliphatic heterocycles. The monoisotopic (exact) mass is 1150 g/mol. The van der Waals surface area contributed by atoms with Crippen LogP contribution in [0.4, 0.5) is 0 Å². The summed E-state index contributed by atoms with van der Waals surface area (Å²) in [6.45, 7) is 4.11. The van der Waals surface area contributed by atoms with Crippen LogP contribution < -0.4 is 4.89 Å². The van der Waals surface area contributed by atoms with Gasteiger partial charge in [0.25, 0.3) is 7.82 Å². The molecule has 2 unspecified atom stereocenters. The third-order valence-electron chi connectivity index (χ3n) is 13.4. The number of phosphoric acid groups is 1. The molecule has 9 nitrogen and oxygen atoms in total. The van der Waals surface area contributed by atoms with E-state index in [-0.39, 0.29) is 26.1 Å². The highest BCUT2D eigenvalue weighted by Gasteiger charge is 2.22. The van der Waals surface area contributed by atoms with Crippen LogP contribution in [0.3, 0.4) is 0 Å². The maximum absolute atomic E-state index is 12.8. The van der Waals surface area contributed by atoms with Gasteiger partial charge in [-0.15, -0.1) is 0 Å². The van der Waals surface area contributed by atoms with Gasteiger partial charge in [0.1, 0.15) is 19.8 Å². The highest BCUT2D eigenvalue weighted by atomic mass is 31.2. The molecule has 81 heavy (non-hydrogen) atoms. The minimum atomic E-state index is -4.65. The summed E-state index contributed by atoms with van der Waals surface area (Å²) in [5.41, 5.74) is 0. The molecule has 0 aliphatic carbocycles. The quantitative estimate of drug-likeness (QED) is 0.0195. The number of allylic oxidation sites excluding steroid dienone is 22. The van der Waals surface area contributed by atoms with Gasteiger partial charge < -0.3 is 27.9 Å². The second-order valence-electron chi connectivity index (χ2n) is 22.4. The molecule has 462 valence electrons. The van der Waals surface area contributed by atoms with Crippen molar-refractivity contribution in [3.63, 3.8) is 0 Å². The summed E-state index contributed by atoms with van der Waals surface area (Å²) in [5.74, 6) is -0.852. The smallest absolute Gasteiger partial charge is 0.306 e. The summed E-state index contributed by atoms with van der Waals surface area (Å²) in [5, 5.41) is 0. The first-order chi connectivity index (χ1) is 39.5. The number of carbonyl (C=O) groups is 2. The second kappa shape index (κ2) is 60.7. The zero-order valence-corrected chi connectivity index (χ0v) is 53.3. The van der Waals surface area contributed by atoms with Crippen LogP contribution in [0.5, 0.6) is 0 Å². The molecule has 0 fully saturated rings. The lowest BCUT2D eigenvalue weighted by atomic mass is 10.1. The van der Waals surface area contributed by atoms with Gasteiger partial charge in [0, 0.05) is 12.8 Å². The molecule has 0 aromatic rings. The first-order valence-corrected chi connectivity index (χ1v) is 33.9. The van der Waals surface area contributed by atoms with E-state index in [1.165, 1.54) is 96.3 Å². The standard InChI is InChI=1S/C71H120NO8P/c1-6-8-10-12-14-16-18-20-22-24-26-27-28-29-30-31-32-33-34-35-36-37-38-39-40-41-42-43-44-45-46-48-50-52-54-56-58-60-62-64-71(74)80-69(68-79-81(75,76)78-66-65-72(3,4)5)67-77-70(73)63-61-59-57-55-53-51-49-47-25-23-21-19-17-15-13-11-9-7-2/h8,10,14,16,20,22-23,25-27,29-30,32-33,35-36,38-39,41-42,44-45,69H,6-7,9,11-13,15,17-19,21,24,28,31,34,37,40,43,46-68H2,1-5H3/b10-8-,16-14-,22-20-,25-23-,27-26-,30-29-,33-32-,36-35-,39-38-,42-41-,45-44-. The fourth-order valence-corrected chi connectivity index (χ4v) is 9.17. The summed E-state index contributed by atoms with van der Waals surface area (Å²) in [6, 6.07) is 0. The van der Waals surface area contributed by atoms with Crippen LogP contribution in [-0.2, 0) is 32.7 Å². The van der Waals surface area contributed by atoms with E-state index < -0.39 is 32.5 Å². The molecule has 0 aliphatic rings. The van der Waals surface area contributed by atoms with Crippen LogP contribution in [-0.4, -0.2) is 70.0 Å². The molecule has 0 aromatic heterocycles. The maximum atomic E-state index is 12.8. The number of esters is 2. The molecule has 0 bridgehead atoms. The Balaban J connectivity index is 4.14. The first-order valence-electron chi connectivity index (χ1n) is 32.4. The molecule has 2 atom stereocenters. The van der Waals surface area contributed by atoms with Gasteiger partial charge in [-0.1, -0.05) is 257 Å². The predicted octanol–water partition coefficient (Wildman–Crippen LogP) is 20.2. The van der Waals surface area contributed by atoms with E-state index in [4.69, 9.17) is 18.5 Å². The number of likely N-dealkylation sites (N-methyl/N-ethyl adjacent to an activating group) is 1. The molecular formula is C71H120NO8P. The Hall–Kier alpha value is -3.85. The number of nitrogens with zero attached hydrogens (tertiary/aromatic N) is 1. The lowest BCUT2D eigenvalue weighted by molar-refractivity contribution is -0.870. The topological polar surface area (TPSA) is 111 Å². The second-order valence-corrected chi connectivity index (χ2v) is 23.8. The lowest BCUT2D eigenvalue weighted by Crippen LogP contribution is -2.37. The lowest BCUT2D eigenvalue weighted by Gasteiger charge is -2.28. The molecule has 0 aromatic carbocycles. The first kappa shape index (κ1) is 77.2. The zero-order valence-electron chi connectivity index (χ0n) is 52.4. The van der Waals surface area contributed by atoms with E-state index in [9.17, 15) is 19.0 Å². The molecule has 0 amide bonds. The van der Waals surface area contributed by atoms with Crippen molar-refractivity contribution in [2.24, 2.45) is 0 Å². The van der Waals surface area contributed by atoms with Crippen LogP contribution >= 0.6 is 7.82 Å². The molecule has 0 heterocycles. The van der Waals surface area contributed by atoms with E-state index in [0.29, 0.717) is 17.4 Å². The SMILES string of the molecule is CC/C=C\C/C=C\C/C=C\C/C=C\C/C=C\C/C=C\C/C=C\C/C=C\C/C=C\C/C=C\CCCCCCCCCCC(=O)OC(COC(=O)CCCCCCCCC/C=C\CCCCCCCCC)COP(=O)([O-])OCC[N+](C)(C)C. The number of rotatable bonds is 58. The van der Waals surface area contributed by atoms with E-state index in [0.717, 1.165) is 122 Å². The summed E-state index contributed by atoms with van der Waals surface area (Å²) in [7, 11) is 1.14. The Morgan fingerprint density at radius 1 is 0.395 bits per heavy atom. The van der Waals surface area contributed by atoms with Crippen molar-refractivity contribution in [2.45, 2.75) is 258 Å². The van der Waals surface area contributed by atoms with Crippen molar-refractivity contribution in [1.29, 1.82) is 0 Å². The van der Waals surface area contributed by atoms with Gasteiger partial charge in [0.05, 0.1) is 27.7 Å². The van der Waals surface area contributed by atoms with Crippen LogP contribution in [0.25, 0.3) is 0 Å². The highest BCUT2D eigenvalue weighted by molar-refractivity contribution is 7.45. The average molecular weight is 1150 g/mol. The third-order valence-corrected chi connectivity index (χ3v) is 14.4. The molecule has 10 heteroatoms. The summed E-state index contributed by atoms with van der Waals surface area (Å²) < 4.78 is 34.2. The van der Waals surface area contributed by atoms with Gasteiger partial charge in [-0.2, -0.15) is 0 Å². The van der Waals surface area contributed by atoms with Gasteiger partial charge >= 0.3 is 11.9 Å². The van der Waals surface area contributed by atoms with Crippen molar-refractivity contribution < 1.29 is 42.1 Å². The number of hydrogen-bond donors (Lipinski definition) is 0. The summed E-state index contributed by atoms with van der Waals surface area (Å²) in [6.07, 6.45) is 87.9. The Kier molecular flexibility index (Phi) is 57.8. The van der Waals surface area contributed by atoms with Crippen molar-refractivity contribution in [3.05, 3.63) is 134 Å². The Bertz CT molecular complexity index is 1830. The number of unbranched alkanes of at least 4 members (excludes halogenated alkanes) is 22. The Labute approximate surface area is 498 Å². The number of ether oxygens (including phenoxy) is 2. The number of hydrogen-bond acceptors (Lipinski definition) is 8. The van der Waals surface area contributed by atoms with Gasteiger partial charge in [-0.05, 0) is 116 Å². The van der Waals surface area contributed by atoms with E-state index >= 15 is 0 Å². The number of carbonyl (C=O) groups excluding carboxylic acids is 2. The van der Waals surface area contributed by atoms with Gasteiger partial charge in [0.15, 0.2) is 6.10 Å². The van der Waals surface area contributed by atoms with Crippen molar-refractivity contribution >= 4 is 19.8 Å². The van der Waals surface area contributed by atoms with Crippen LogP contribution in [0.1, 0.15) is 251 Å². The zero-order chi connectivity index (χ0) is 59.1. The third kappa shape index (κ3) is 65.2. The molecular weight excluding hydrogens is 1030 g/mol. The van der Waals surface area contributed by atoms with Crippen LogP contribution in [0.15, 0.2) is 134 Å².